The van der Waals surface area contributed by atoms with Crippen molar-refractivity contribution in [3.05, 3.63) is 29.8 Å². The molecule has 0 radical (unpaired) electrons. The summed E-state index contributed by atoms with van der Waals surface area (Å²) in [5.74, 6) is 0.231. The molecule has 106 valence electrons. The lowest BCUT2D eigenvalue weighted by Crippen LogP contribution is -2.44. The zero-order valence-corrected chi connectivity index (χ0v) is 10.9. The van der Waals surface area contributed by atoms with Gasteiger partial charge < -0.3 is 5.11 Å². The number of hydrogen-bond acceptors (Lipinski definition) is 2. The summed E-state index contributed by atoms with van der Waals surface area (Å²) >= 11 is 0. The van der Waals surface area contributed by atoms with Crippen LogP contribution in [0.5, 0.6) is 5.75 Å². The lowest BCUT2D eigenvalue weighted by atomic mass is 9.74. The highest BCUT2D eigenvalue weighted by atomic mass is 19.4. The SMILES string of the molecule is CC1(c2ccccc2O)CCN(CC(F)(F)F)CC1. The minimum Gasteiger partial charge on any atom is -0.508 e. The predicted molar refractivity (Wildman–Crippen MR) is 67.2 cm³/mol. The van der Waals surface area contributed by atoms with Crippen molar-refractivity contribution >= 4 is 0 Å². The van der Waals surface area contributed by atoms with Crippen molar-refractivity contribution in [2.24, 2.45) is 0 Å². The third-order valence-electron chi connectivity index (χ3n) is 3.92. The van der Waals surface area contributed by atoms with Crippen LogP contribution in [0, 0.1) is 0 Å². The summed E-state index contributed by atoms with van der Waals surface area (Å²) in [7, 11) is 0. The number of nitrogens with zero attached hydrogens (tertiary/aromatic N) is 1. The monoisotopic (exact) mass is 273 g/mol. The first-order valence-corrected chi connectivity index (χ1v) is 6.38. The molecule has 1 N–H and O–H groups in total. The number of likely N-dealkylation sites (tertiary alicyclic amines) is 1. The molecule has 0 saturated carbocycles. The summed E-state index contributed by atoms with van der Waals surface area (Å²) < 4.78 is 37.0. The molecule has 1 fully saturated rings. The van der Waals surface area contributed by atoms with Crippen molar-refractivity contribution in [1.82, 2.24) is 4.90 Å². The van der Waals surface area contributed by atoms with Crippen molar-refractivity contribution in [1.29, 1.82) is 0 Å². The highest BCUT2D eigenvalue weighted by Gasteiger charge is 2.37. The number of halogens is 3. The number of para-hydroxylation sites is 1. The number of alkyl halides is 3. The van der Waals surface area contributed by atoms with Crippen LogP contribution >= 0.6 is 0 Å². The number of aromatic hydroxyl groups is 1. The van der Waals surface area contributed by atoms with E-state index in [0.29, 0.717) is 25.9 Å². The maximum Gasteiger partial charge on any atom is 0.401 e. The van der Waals surface area contributed by atoms with Gasteiger partial charge in [-0.3, -0.25) is 4.90 Å². The predicted octanol–water partition coefficient (Wildman–Crippen LogP) is 3.31. The Balaban J connectivity index is 2.04. The second-order valence-corrected chi connectivity index (χ2v) is 5.47. The van der Waals surface area contributed by atoms with E-state index < -0.39 is 12.7 Å². The molecule has 2 rings (SSSR count). The van der Waals surface area contributed by atoms with E-state index in [1.54, 1.807) is 12.1 Å². The fourth-order valence-electron chi connectivity index (χ4n) is 2.71. The van der Waals surface area contributed by atoms with Crippen LogP contribution < -0.4 is 0 Å². The fraction of sp³-hybridized carbons (Fsp3) is 0.571. The van der Waals surface area contributed by atoms with E-state index in [1.807, 2.05) is 19.1 Å². The summed E-state index contributed by atoms with van der Waals surface area (Å²) in [6.07, 6.45) is -2.88. The van der Waals surface area contributed by atoms with E-state index in [4.69, 9.17) is 0 Å². The van der Waals surface area contributed by atoms with Crippen molar-refractivity contribution in [3.63, 3.8) is 0 Å². The van der Waals surface area contributed by atoms with Crippen LogP contribution in [-0.4, -0.2) is 35.8 Å². The normalized spacial score (nSPS) is 20.4. The Labute approximate surface area is 110 Å². The highest BCUT2D eigenvalue weighted by Crippen LogP contribution is 2.39. The third-order valence-corrected chi connectivity index (χ3v) is 3.92. The Bertz CT molecular complexity index is 437. The highest BCUT2D eigenvalue weighted by molar-refractivity contribution is 5.38. The molecule has 1 aromatic rings. The topological polar surface area (TPSA) is 23.5 Å². The molecule has 19 heavy (non-hydrogen) atoms. The van der Waals surface area contributed by atoms with Gasteiger partial charge in [-0.05, 0) is 43.0 Å². The number of benzene rings is 1. The van der Waals surface area contributed by atoms with Gasteiger partial charge in [-0.25, -0.2) is 0 Å². The second kappa shape index (κ2) is 5.04. The van der Waals surface area contributed by atoms with Gasteiger partial charge in [0.1, 0.15) is 5.75 Å². The van der Waals surface area contributed by atoms with Gasteiger partial charge in [-0.1, -0.05) is 25.1 Å². The molecule has 1 aliphatic rings. The minimum absolute atomic E-state index is 0.231. The number of phenolic OH excluding ortho intramolecular Hbond substituents is 1. The van der Waals surface area contributed by atoms with Crippen molar-refractivity contribution in [2.45, 2.75) is 31.4 Å². The maximum atomic E-state index is 12.3. The molecule has 0 aromatic heterocycles. The maximum absolute atomic E-state index is 12.3. The lowest BCUT2D eigenvalue weighted by Gasteiger charge is -2.40. The molecule has 1 heterocycles. The van der Waals surface area contributed by atoms with Crippen LogP contribution in [-0.2, 0) is 5.41 Å². The van der Waals surface area contributed by atoms with Gasteiger partial charge in [0.05, 0.1) is 6.54 Å². The van der Waals surface area contributed by atoms with Gasteiger partial charge in [-0.15, -0.1) is 0 Å². The van der Waals surface area contributed by atoms with Crippen LogP contribution in [0.15, 0.2) is 24.3 Å². The molecule has 1 aromatic carbocycles. The Morgan fingerprint density at radius 3 is 2.32 bits per heavy atom. The zero-order valence-electron chi connectivity index (χ0n) is 10.9. The van der Waals surface area contributed by atoms with Crippen LogP contribution in [0.3, 0.4) is 0 Å². The first-order chi connectivity index (χ1) is 8.80. The molecule has 2 nitrogen and oxygen atoms in total. The molecule has 0 aliphatic carbocycles. The van der Waals surface area contributed by atoms with Crippen LogP contribution in [0.4, 0.5) is 13.2 Å². The Hall–Kier alpha value is -1.23. The van der Waals surface area contributed by atoms with Gasteiger partial charge in [0.25, 0.3) is 0 Å². The molecule has 0 atom stereocenters. The molecule has 0 amide bonds. The Morgan fingerprint density at radius 1 is 1.21 bits per heavy atom. The largest absolute Gasteiger partial charge is 0.508 e. The zero-order chi connectivity index (χ0) is 14.1. The summed E-state index contributed by atoms with van der Waals surface area (Å²) in [4.78, 5) is 1.43. The third kappa shape index (κ3) is 3.41. The van der Waals surface area contributed by atoms with E-state index in [2.05, 4.69) is 0 Å². The molecule has 0 spiro atoms. The van der Waals surface area contributed by atoms with Crippen molar-refractivity contribution in [2.75, 3.05) is 19.6 Å². The van der Waals surface area contributed by atoms with Gasteiger partial charge in [0.2, 0.25) is 0 Å². The fourth-order valence-corrected chi connectivity index (χ4v) is 2.71. The van der Waals surface area contributed by atoms with E-state index in [-0.39, 0.29) is 11.2 Å². The number of piperidine rings is 1. The Kier molecular flexibility index (Phi) is 3.76. The van der Waals surface area contributed by atoms with Gasteiger partial charge >= 0.3 is 6.18 Å². The quantitative estimate of drug-likeness (QED) is 0.893. The van der Waals surface area contributed by atoms with Gasteiger partial charge in [0.15, 0.2) is 0 Å². The number of rotatable bonds is 2. The first kappa shape index (κ1) is 14.2. The average Bonchev–Trinajstić information content (AvgIpc) is 2.31. The standard InChI is InChI=1S/C14H18F3NO/c1-13(11-4-2-3-5-12(11)19)6-8-18(9-7-13)10-14(15,16)17/h2-5,19H,6-10H2,1H3. The number of hydrogen-bond donors (Lipinski definition) is 1. The molecular weight excluding hydrogens is 255 g/mol. The van der Waals surface area contributed by atoms with E-state index in [0.717, 1.165) is 5.56 Å². The Morgan fingerprint density at radius 2 is 1.79 bits per heavy atom. The second-order valence-electron chi connectivity index (χ2n) is 5.47. The average molecular weight is 273 g/mol. The molecule has 1 saturated heterocycles. The smallest absolute Gasteiger partial charge is 0.401 e. The number of phenols is 1. The van der Waals surface area contributed by atoms with E-state index >= 15 is 0 Å². The minimum atomic E-state index is -4.14. The van der Waals surface area contributed by atoms with Gasteiger partial charge in [0, 0.05) is 0 Å². The molecule has 5 heteroatoms. The van der Waals surface area contributed by atoms with E-state index in [9.17, 15) is 18.3 Å². The first-order valence-electron chi connectivity index (χ1n) is 6.38. The summed E-state index contributed by atoms with van der Waals surface area (Å²) in [6.45, 7) is 1.98. The molecule has 1 aliphatic heterocycles. The van der Waals surface area contributed by atoms with Crippen LogP contribution in [0.2, 0.25) is 0 Å². The summed E-state index contributed by atoms with van der Waals surface area (Å²) in [6, 6.07) is 7.08. The van der Waals surface area contributed by atoms with Crippen molar-refractivity contribution in [3.8, 4) is 5.75 Å². The van der Waals surface area contributed by atoms with Crippen LogP contribution in [0.25, 0.3) is 0 Å². The summed E-state index contributed by atoms with van der Waals surface area (Å²) in [5.41, 5.74) is 0.592. The summed E-state index contributed by atoms with van der Waals surface area (Å²) in [5, 5.41) is 9.89. The molecule has 0 bridgehead atoms. The van der Waals surface area contributed by atoms with E-state index in [1.165, 1.54) is 4.90 Å². The molecular formula is C14H18F3NO. The van der Waals surface area contributed by atoms with Crippen LogP contribution in [0.1, 0.15) is 25.3 Å². The molecule has 0 unspecified atom stereocenters. The van der Waals surface area contributed by atoms with Crippen molar-refractivity contribution < 1.29 is 18.3 Å². The van der Waals surface area contributed by atoms with Gasteiger partial charge in [-0.2, -0.15) is 13.2 Å². The lowest BCUT2D eigenvalue weighted by molar-refractivity contribution is -0.149.